The van der Waals surface area contributed by atoms with Gasteiger partial charge in [-0.2, -0.15) is 0 Å². The van der Waals surface area contributed by atoms with Crippen LogP contribution in [-0.2, 0) is 14.8 Å². The number of aromatic nitrogens is 2. The van der Waals surface area contributed by atoms with Gasteiger partial charge in [0.15, 0.2) is 9.34 Å². The van der Waals surface area contributed by atoms with Crippen molar-refractivity contribution in [3.63, 3.8) is 0 Å². The summed E-state index contributed by atoms with van der Waals surface area (Å²) in [4.78, 5) is 20.7. The van der Waals surface area contributed by atoms with E-state index in [-0.39, 0.29) is 21.8 Å². The predicted molar refractivity (Wildman–Crippen MR) is 131 cm³/mol. The Morgan fingerprint density at radius 1 is 1.27 bits per heavy atom. The van der Waals surface area contributed by atoms with Crippen molar-refractivity contribution in [2.75, 3.05) is 21.9 Å². The standard InChI is InChI=1S/C21H17ClN4O4S3/c1-11-20(32-21(24-11)25-12(2)27)33(28,29)26-5-6-31-19-15(9-23-10-16(19)26)18-8-13-7-14(22)3-4-17(13)30-18/h3-4,7-10H,5-6H2,1-2H3,(H,24,25,27). The first-order valence-electron chi connectivity index (χ1n) is 9.82. The van der Waals surface area contributed by atoms with Gasteiger partial charge in [-0.1, -0.05) is 22.9 Å². The number of carbonyl (C=O) groups is 1. The molecule has 4 aromatic rings. The summed E-state index contributed by atoms with van der Waals surface area (Å²) < 4.78 is 34.7. The number of benzene rings is 1. The van der Waals surface area contributed by atoms with E-state index in [1.165, 1.54) is 11.2 Å². The van der Waals surface area contributed by atoms with Crippen molar-refractivity contribution in [1.29, 1.82) is 0 Å². The van der Waals surface area contributed by atoms with Gasteiger partial charge in [-0.05, 0) is 31.2 Å². The molecule has 12 heteroatoms. The van der Waals surface area contributed by atoms with Crippen LogP contribution in [0.25, 0.3) is 22.3 Å². The van der Waals surface area contributed by atoms with Crippen LogP contribution in [0.4, 0.5) is 10.8 Å². The van der Waals surface area contributed by atoms with E-state index in [9.17, 15) is 13.2 Å². The fourth-order valence-corrected chi connectivity index (χ4v) is 8.09. The molecule has 170 valence electrons. The molecule has 1 aromatic carbocycles. The normalized spacial score (nSPS) is 13.8. The lowest BCUT2D eigenvalue weighted by atomic mass is 10.2. The number of carbonyl (C=O) groups excluding carboxylic acids is 1. The Hall–Kier alpha value is -2.60. The topological polar surface area (TPSA) is 105 Å². The number of aryl methyl sites for hydroxylation is 1. The van der Waals surface area contributed by atoms with Gasteiger partial charge in [0.2, 0.25) is 5.91 Å². The zero-order valence-electron chi connectivity index (χ0n) is 17.5. The summed E-state index contributed by atoms with van der Waals surface area (Å²) in [6.07, 6.45) is 3.22. The summed E-state index contributed by atoms with van der Waals surface area (Å²) in [5, 5.41) is 4.26. The molecule has 4 heterocycles. The van der Waals surface area contributed by atoms with Crippen molar-refractivity contribution < 1.29 is 17.6 Å². The molecular weight excluding hydrogens is 504 g/mol. The van der Waals surface area contributed by atoms with Crippen molar-refractivity contribution in [3.8, 4) is 11.3 Å². The molecule has 0 bridgehead atoms. The monoisotopic (exact) mass is 520 g/mol. The molecule has 0 fully saturated rings. The number of fused-ring (bicyclic) bond motifs is 2. The first-order valence-corrected chi connectivity index (χ1v) is 13.4. The third kappa shape index (κ3) is 3.99. The van der Waals surface area contributed by atoms with Crippen LogP contribution in [0.3, 0.4) is 0 Å². The van der Waals surface area contributed by atoms with Gasteiger partial charge in [0.05, 0.1) is 23.1 Å². The molecule has 0 radical (unpaired) electrons. The van der Waals surface area contributed by atoms with Crippen molar-refractivity contribution >= 4 is 72.4 Å². The minimum atomic E-state index is -3.91. The number of rotatable bonds is 4. The molecule has 0 unspecified atom stereocenters. The first kappa shape index (κ1) is 22.2. The molecule has 8 nitrogen and oxygen atoms in total. The molecule has 1 N–H and O–H groups in total. The summed E-state index contributed by atoms with van der Waals surface area (Å²) in [5.41, 5.74) is 2.21. The fourth-order valence-electron chi connectivity index (χ4n) is 3.62. The van der Waals surface area contributed by atoms with E-state index in [0.717, 1.165) is 21.6 Å². The smallest absolute Gasteiger partial charge is 0.275 e. The highest BCUT2D eigenvalue weighted by Gasteiger charge is 2.34. The minimum Gasteiger partial charge on any atom is -0.456 e. The maximum atomic E-state index is 13.6. The van der Waals surface area contributed by atoms with Crippen molar-refractivity contribution in [2.45, 2.75) is 23.0 Å². The molecule has 0 atom stereocenters. The molecule has 0 spiro atoms. The van der Waals surface area contributed by atoms with E-state index in [2.05, 4.69) is 15.3 Å². The molecular formula is C21H17ClN4O4S3. The Morgan fingerprint density at radius 3 is 2.88 bits per heavy atom. The fraction of sp³-hybridized carbons (Fsp3) is 0.190. The maximum absolute atomic E-state index is 13.6. The van der Waals surface area contributed by atoms with Gasteiger partial charge < -0.3 is 9.73 Å². The Balaban J connectivity index is 1.59. The summed E-state index contributed by atoms with van der Waals surface area (Å²) in [6.45, 7) is 3.25. The quantitative estimate of drug-likeness (QED) is 0.395. The average Bonchev–Trinajstić information content (AvgIpc) is 3.35. The number of furan rings is 1. The van der Waals surface area contributed by atoms with Crippen LogP contribution < -0.4 is 9.62 Å². The highest BCUT2D eigenvalue weighted by molar-refractivity contribution is 8.00. The largest absolute Gasteiger partial charge is 0.456 e. The minimum absolute atomic E-state index is 0.0906. The van der Waals surface area contributed by atoms with Gasteiger partial charge >= 0.3 is 0 Å². The molecule has 0 saturated carbocycles. The second kappa shape index (κ2) is 8.32. The van der Waals surface area contributed by atoms with Crippen LogP contribution in [-0.4, -0.2) is 36.6 Å². The lowest BCUT2D eigenvalue weighted by Crippen LogP contribution is -2.35. The van der Waals surface area contributed by atoms with Crippen LogP contribution in [0.2, 0.25) is 5.02 Å². The van der Waals surface area contributed by atoms with Gasteiger partial charge in [-0.15, -0.1) is 11.8 Å². The summed E-state index contributed by atoms with van der Waals surface area (Å²) in [5.74, 6) is 0.838. The van der Waals surface area contributed by atoms with E-state index >= 15 is 0 Å². The summed E-state index contributed by atoms with van der Waals surface area (Å²) in [7, 11) is -3.91. The number of amides is 1. The highest BCUT2D eigenvalue weighted by Crippen LogP contribution is 2.45. The Kier molecular flexibility index (Phi) is 5.60. The van der Waals surface area contributed by atoms with Crippen LogP contribution in [0.1, 0.15) is 12.6 Å². The van der Waals surface area contributed by atoms with E-state index in [1.807, 2.05) is 12.1 Å². The zero-order chi connectivity index (χ0) is 23.3. The average molecular weight is 521 g/mol. The van der Waals surface area contributed by atoms with Crippen LogP contribution in [0.15, 0.2) is 50.2 Å². The van der Waals surface area contributed by atoms with Gasteiger partial charge in [-0.25, -0.2) is 13.4 Å². The third-order valence-corrected chi connectivity index (χ3v) is 9.80. The molecule has 1 amide bonds. The number of halogens is 1. The van der Waals surface area contributed by atoms with E-state index in [4.69, 9.17) is 16.0 Å². The molecule has 5 rings (SSSR count). The van der Waals surface area contributed by atoms with Gasteiger partial charge in [0.1, 0.15) is 11.3 Å². The zero-order valence-corrected chi connectivity index (χ0v) is 20.7. The van der Waals surface area contributed by atoms with Crippen molar-refractivity contribution in [2.24, 2.45) is 0 Å². The summed E-state index contributed by atoms with van der Waals surface area (Å²) in [6, 6.07) is 7.24. The van der Waals surface area contributed by atoms with E-state index in [0.29, 0.717) is 39.1 Å². The van der Waals surface area contributed by atoms with E-state index < -0.39 is 10.0 Å². The molecule has 0 saturated heterocycles. The molecule has 1 aliphatic rings. The van der Waals surface area contributed by atoms with Gasteiger partial charge in [0, 0.05) is 40.7 Å². The third-order valence-electron chi connectivity index (χ3n) is 4.99. The highest BCUT2D eigenvalue weighted by atomic mass is 35.5. The number of hydrogen-bond donors (Lipinski definition) is 1. The number of pyridine rings is 1. The van der Waals surface area contributed by atoms with Crippen LogP contribution in [0, 0.1) is 6.92 Å². The molecule has 1 aliphatic heterocycles. The van der Waals surface area contributed by atoms with Crippen molar-refractivity contribution in [3.05, 3.63) is 47.4 Å². The van der Waals surface area contributed by atoms with Crippen molar-refractivity contribution in [1.82, 2.24) is 9.97 Å². The lowest BCUT2D eigenvalue weighted by molar-refractivity contribution is -0.114. The Morgan fingerprint density at radius 2 is 2.09 bits per heavy atom. The Labute approximate surface area is 203 Å². The van der Waals surface area contributed by atoms with E-state index in [1.54, 1.807) is 43.2 Å². The summed E-state index contributed by atoms with van der Waals surface area (Å²) >= 11 is 8.59. The molecule has 3 aromatic heterocycles. The van der Waals surface area contributed by atoms with Gasteiger partial charge in [0.25, 0.3) is 10.0 Å². The number of anilines is 2. The van der Waals surface area contributed by atoms with Crippen LogP contribution >= 0.6 is 34.7 Å². The molecule has 33 heavy (non-hydrogen) atoms. The number of nitrogens with zero attached hydrogens (tertiary/aromatic N) is 3. The van der Waals surface area contributed by atoms with Gasteiger partial charge in [-0.3, -0.25) is 14.1 Å². The number of sulfonamides is 1. The maximum Gasteiger partial charge on any atom is 0.275 e. The number of thiazole rings is 1. The first-order chi connectivity index (χ1) is 15.7. The number of thioether (sulfide) groups is 1. The molecule has 0 aliphatic carbocycles. The number of nitrogens with one attached hydrogen (secondary N) is 1. The Bertz CT molecular complexity index is 1510. The second-order valence-corrected chi connectivity index (χ2v) is 11.9. The predicted octanol–water partition coefficient (Wildman–Crippen LogP) is 5.17. The number of hydrogen-bond acceptors (Lipinski definition) is 8. The lowest BCUT2D eigenvalue weighted by Gasteiger charge is -2.30. The second-order valence-electron chi connectivity index (χ2n) is 7.33. The SMILES string of the molecule is CC(=O)Nc1nc(C)c(S(=O)(=O)N2CCSc3c(-c4cc5cc(Cl)ccc5o4)cncc32)s1. The van der Waals surface area contributed by atoms with Crippen LogP contribution in [0.5, 0.6) is 0 Å².